The summed E-state index contributed by atoms with van der Waals surface area (Å²) in [5.41, 5.74) is 0. The van der Waals surface area contributed by atoms with Gasteiger partial charge in [-0.25, -0.2) is 4.79 Å². The molecule has 1 unspecified atom stereocenters. The first-order valence-electron chi connectivity index (χ1n) is 7.19. The van der Waals surface area contributed by atoms with Crippen molar-refractivity contribution in [3.8, 4) is 5.75 Å². The lowest BCUT2D eigenvalue weighted by Gasteiger charge is -2.14. The molecule has 1 atom stereocenters. The summed E-state index contributed by atoms with van der Waals surface area (Å²) in [6, 6.07) is 6.90. The zero-order valence-electron chi connectivity index (χ0n) is 12.2. The Balaban J connectivity index is 2.24. The van der Waals surface area contributed by atoms with Crippen LogP contribution in [0, 0.1) is 5.92 Å². The lowest BCUT2D eigenvalue weighted by atomic mass is 10.0. The molecule has 0 saturated heterocycles. The van der Waals surface area contributed by atoms with Crippen LogP contribution in [0.1, 0.15) is 39.5 Å². The van der Waals surface area contributed by atoms with Crippen molar-refractivity contribution in [1.29, 1.82) is 0 Å². The first-order valence-corrected chi connectivity index (χ1v) is 7.57. The van der Waals surface area contributed by atoms with Gasteiger partial charge in [0.05, 0.1) is 6.61 Å². The number of unbranched alkanes of at least 4 members (excludes halogenated alkanes) is 1. The van der Waals surface area contributed by atoms with Crippen LogP contribution in [0.5, 0.6) is 5.75 Å². The van der Waals surface area contributed by atoms with E-state index >= 15 is 0 Å². The number of hydrogen-bond donors (Lipinski definition) is 0. The quantitative estimate of drug-likeness (QED) is 0.631. The van der Waals surface area contributed by atoms with Gasteiger partial charge in [0.2, 0.25) is 0 Å². The molecule has 4 heteroatoms. The summed E-state index contributed by atoms with van der Waals surface area (Å²) < 4.78 is 10.6. The third-order valence-corrected chi connectivity index (χ3v) is 3.45. The Bertz CT molecular complexity index is 389. The second-order valence-corrected chi connectivity index (χ2v) is 5.28. The predicted molar refractivity (Wildman–Crippen MR) is 81.2 cm³/mol. The van der Waals surface area contributed by atoms with Crippen LogP contribution < -0.4 is 4.74 Å². The molecule has 0 saturated carbocycles. The fourth-order valence-corrected chi connectivity index (χ4v) is 1.95. The number of benzene rings is 1. The highest BCUT2D eigenvalue weighted by Gasteiger charge is 2.10. The van der Waals surface area contributed by atoms with E-state index in [9.17, 15) is 4.79 Å². The smallest absolute Gasteiger partial charge is 0.344 e. The Hall–Kier alpha value is -1.22. The van der Waals surface area contributed by atoms with Gasteiger partial charge in [0.15, 0.2) is 6.61 Å². The topological polar surface area (TPSA) is 35.5 Å². The average Bonchev–Trinajstić information content (AvgIpc) is 2.47. The summed E-state index contributed by atoms with van der Waals surface area (Å²) in [5.74, 6) is 0.744. The standard InChI is InChI=1S/C16H23ClO3/c1-3-5-6-13(4-2)11-20-16(18)12-19-15-9-7-14(17)8-10-15/h7-10,13H,3-6,11-12H2,1-2H3. The number of esters is 1. The fraction of sp³-hybridized carbons (Fsp3) is 0.562. The number of hydrogen-bond acceptors (Lipinski definition) is 3. The lowest BCUT2D eigenvalue weighted by molar-refractivity contribution is -0.147. The van der Waals surface area contributed by atoms with Gasteiger partial charge in [0, 0.05) is 5.02 Å². The van der Waals surface area contributed by atoms with E-state index in [-0.39, 0.29) is 12.6 Å². The second-order valence-electron chi connectivity index (χ2n) is 4.84. The van der Waals surface area contributed by atoms with Crippen molar-refractivity contribution in [2.24, 2.45) is 5.92 Å². The van der Waals surface area contributed by atoms with Gasteiger partial charge in [-0.05, 0) is 36.6 Å². The van der Waals surface area contributed by atoms with Crippen LogP contribution in [0.15, 0.2) is 24.3 Å². The summed E-state index contributed by atoms with van der Waals surface area (Å²) >= 11 is 5.77. The Morgan fingerprint density at radius 1 is 1.25 bits per heavy atom. The molecule has 0 bridgehead atoms. The second kappa shape index (κ2) is 9.65. The predicted octanol–water partition coefficient (Wildman–Crippen LogP) is 4.48. The first-order chi connectivity index (χ1) is 9.65. The lowest BCUT2D eigenvalue weighted by Crippen LogP contribution is -2.19. The molecule has 0 amide bonds. The number of halogens is 1. The molecule has 0 heterocycles. The summed E-state index contributed by atoms with van der Waals surface area (Å²) in [6.45, 7) is 4.71. The molecule has 0 N–H and O–H groups in total. The molecule has 0 aliphatic rings. The zero-order valence-corrected chi connectivity index (χ0v) is 13.0. The van der Waals surface area contributed by atoms with Crippen molar-refractivity contribution in [2.75, 3.05) is 13.2 Å². The maximum absolute atomic E-state index is 11.6. The maximum Gasteiger partial charge on any atom is 0.344 e. The minimum absolute atomic E-state index is 0.0636. The van der Waals surface area contributed by atoms with E-state index in [2.05, 4.69) is 13.8 Å². The van der Waals surface area contributed by atoms with Crippen LogP contribution in [-0.2, 0) is 9.53 Å². The van der Waals surface area contributed by atoms with Gasteiger partial charge in [-0.3, -0.25) is 0 Å². The van der Waals surface area contributed by atoms with Crippen molar-refractivity contribution in [1.82, 2.24) is 0 Å². The van der Waals surface area contributed by atoms with Gasteiger partial charge in [0.25, 0.3) is 0 Å². The molecule has 20 heavy (non-hydrogen) atoms. The Morgan fingerprint density at radius 2 is 1.95 bits per heavy atom. The SMILES string of the molecule is CCCCC(CC)COC(=O)COc1ccc(Cl)cc1. The number of carbonyl (C=O) groups excluding carboxylic acids is 1. The summed E-state index contributed by atoms with van der Waals surface area (Å²) in [5, 5.41) is 0.640. The fourth-order valence-electron chi connectivity index (χ4n) is 1.82. The molecule has 0 aliphatic carbocycles. The highest BCUT2D eigenvalue weighted by molar-refractivity contribution is 6.30. The van der Waals surface area contributed by atoms with Crippen molar-refractivity contribution < 1.29 is 14.3 Å². The third kappa shape index (κ3) is 6.80. The van der Waals surface area contributed by atoms with E-state index in [0.29, 0.717) is 23.3 Å². The number of carbonyl (C=O) groups is 1. The number of ether oxygens (including phenoxy) is 2. The monoisotopic (exact) mass is 298 g/mol. The molecule has 0 spiro atoms. The van der Waals surface area contributed by atoms with E-state index < -0.39 is 0 Å². The van der Waals surface area contributed by atoms with E-state index in [4.69, 9.17) is 21.1 Å². The first kappa shape index (κ1) is 16.8. The van der Waals surface area contributed by atoms with Crippen LogP contribution in [-0.4, -0.2) is 19.2 Å². The van der Waals surface area contributed by atoms with Gasteiger partial charge in [-0.2, -0.15) is 0 Å². The Morgan fingerprint density at radius 3 is 2.55 bits per heavy atom. The summed E-state index contributed by atoms with van der Waals surface area (Å²) in [6.07, 6.45) is 4.49. The molecule has 112 valence electrons. The zero-order chi connectivity index (χ0) is 14.8. The van der Waals surface area contributed by atoms with Crippen LogP contribution in [0.3, 0.4) is 0 Å². The number of rotatable bonds is 9. The highest BCUT2D eigenvalue weighted by Crippen LogP contribution is 2.16. The van der Waals surface area contributed by atoms with Gasteiger partial charge < -0.3 is 9.47 Å². The Kier molecular flexibility index (Phi) is 8.12. The van der Waals surface area contributed by atoms with E-state index in [1.807, 2.05) is 0 Å². The molecule has 0 aliphatic heterocycles. The normalized spacial score (nSPS) is 11.9. The summed E-state index contributed by atoms with van der Waals surface area (Å²) in [4.78, 5) is 11.6. The molecular weight excluding hydrogens is 276 g/mol. The highest BCUT2D eigenvalue weighted by atomic mass is 35.5. The molecule has 0 radical (unpaired) electrons. The van der Waals surface area contributed by atoms with Crippen molar-refractivity contribution >= 4 is 17.6 Å². The van der Waals surface area contributed by atoms with E-state index in [0.717, 1.165) is 12.8 Å². The minimum atomic E-state index is -0.324. The molecular formula is C16H23ClO3. The third-order valence-electron chi connectivity index (χ3n) is 3.19. The van der Waals surface area contributed by atoms with Gasteiger partial charge >= 0.3 is 5.97 Å². The van der Waals surface area contributed by atoms with Crippen molar-refractivity contribution in [3.63, 3.8) is 0 Å². The van der Waals surface area contributed by atoms with Crippen LogP contribution in [0.25, 0.3) is 0 Å². The van der Waals surface area contributed by atoms with Crippen molar-refractivity contribution in [3.05, 3.63) is 29.3 Å². The molecule has 1 aromatic carbocycles. The van der Waals surface area contributed by atoms with E-state index in [1.165, 1.54) is 12.8 Å². The van der Waals surface area contributed by atoms with Crippen LogP contribution in [0.4, 0.5) is 0 Å². The van der Waals surface area contributed by atoms with E-state index in [1.54, 1.807) is 24.3 Å². The largest absolute Gasteiger partial charge is 0.482 e. The van der Waals surface area contributed by atoms with Gasteiger partial charge in [0.1, 0.15) is 5.75 Å². The molecule has 0 aromatic heterocycles. The maximum atomic E-state index is 11.6. The molecule has 0 fully saturated rings. The molecule has 1 rings (SSSR count). The molecule has 3 nitrogen and oxygen atoms in total. The average molecular weight is 299 g/mol. The van der Waals surface area contributed by atoms with Gasteiger partial charge in [-0.1, -0.05) is 44.7 Å². The van der Waals surface area contributed by atoms with Crippen LogP contribution >= 0.6 is 11.6 Å². The van der Waals surface area contributed by atoms with Gasteiger partial charge in [-0.15, -0.1) is 0 Å². The minimum Gasteiger partial charge on any atom is -0.482 e. The molecule has 1 aromatic rings. The van der Waals surface area contributed by atoms with Crippen LogP contribution in [0.2, 0.25) is 5.02 Å². The Labute approximate surface area is 126 Å². The summed E-state index contributed by atoms with van der Waals surface area (Å²) in [7, 11) is 0. The van der Waals surface area contributed by atoms with Crippen molar-refractivity contribution in [2.45, 2.75) is 39.5 Å².